The molecule has 0 saturated carbocycles. The summed E-state index contributed by atoms with van der Waals surface area (Å²) in [7, 11) is 1.61. The van der Waals surface area contributed by atoms with Crippen molar-refractivity contribution in [2.45, 2.75) is 26.3 Å². The molecule has 6 nitrogen and oxygen atoms in total. The van der Waals surface area contributed by atoms with E-state index in [0.29, 0.717) is 18.1 Å². The molecule has 1 heterocycles. The number of rotatable bonds is 5. The van der Waals surface area contributed by atoms with Gasteiger partial charge in [-0.25, -0.2) is 0 Å². The minimum absolute atomic E-state index is 0.0540. The molecule has 0 saturated heterocycles. The third-order valence-corrected chi connectivity index (χ3v) is 2.86. The second kappa shape index (κ2) is 6.18. The summed E-state index contributed by atoms with van der Waals surface area (Å²) in [5.41, 5.74) is 0.829. The van der Waals surface area contributed by atoms with E-state index in [4.69, 9.17) is 9.26 Å². The maximum atomic E-state index is 11.3. The van der Waals surface area contributed by atoms with E-state index in [9.17, 15) is 4.79 Å². The summed E-state index contributed by atoms with van der Waals surface area (Å²) in [6, 6.07) is 7.05. The maximum absolute atomic E-state index is 11.3. The Balaban J connectivity index is 2.13. The van der Waals surface area contributed by atoms with Crippen molar-refractivity contribution in [1.29, 1.82) is 0 Å². The van der Waals surface area contributed by atoms with E-state index in [-0.39, 0.29) is 11.9 Å². The van der Waals surface area contributed by atoms with Gasteiger partial charge in [-0.1, -0.05) is 12.1 Å². The van der Waals surface area contributed by atoms with Crippen LogP contribution in [0.2, 0.25) is 0 Å². The van der Waals surface area contributed by atoms with Gasteiger partial charge in [-0.3, -0.25) is 4.79 Å². The summed E-state index contributed by atoms with van der Waals surface area (Å²) in [5, 5.41) is 6.69. The fourth-order valence-electron chi connectivity index (χ4n) is 1.67. The zero-order valence-corrected chi connectivity index (χ0v) is 11.7. The van der Waals surface area contributed by atoms with Gasteiger partial charge < -0.3 is 14.6 Å². The number of nitrogens with zero attached hydrogens (tertiary/aromatic N) is 2. The second-order valence-corrected chi connectivity index (χ2v) is 4.33. The average molecular weight is 275 g/mol. The molecular weight excluding hydrogens is 258 g/mol. The monoisotopic (exact) mass is 275 g/mol. The Kier molecular flexibility index (Phi) is 4.34. The number of amides is 1. The van der Waals surface area contributed by atoms with Crippen molar-refractivity contribution in [3.63, 3.8) is 0 Å². The molecule has 106 valence electrons. The van der Waals surface area contributed by atoms with E-state index in [1.807, 2.05) is 24.3 Å². The molecule has 0 bridgehead atoms. The molecule has 6 heteroatoms. The predicted molar refractivity (Wildman–Crippen MR) is 73.1 cm³/mol. The molecule has 20 heavy (non-hydrogen) atoms. The van der Waals surface area contributed by atoms with Gasteiger partial charge in [-0.05, 0) is 31.2 Å². The molecule has 0 spiro atoms. The SMILES string of the molecule is CCC(=O)N[C@H](C)c1nc(-c2ccc(OC)cc2)no1. The molecule has 0 radical (unpaired) electrons. The van der Waals surface area contributed by atoms with Crippen LogP contribution in [0.3, 0.4) is 0 Å². The molecule has 1 atom stereocenters. The molecule has 1 aromatic carbocycles. The number of aromatic nitrogens is 2. The topological polar surface area (TPSA) is 77.2 Å². The van der Waals surface area contributed by atoms with E-state index in [0.717, 1.165) is 11.3 Å². The van der Waals surface area contributed by atoms with Gasteiger partial charge in [0.15, 0.2) is 0 Å². The summed E-state index contributed by atoms with van der Waals surface area (Å²) in [6.45, 7) is 3.59. The Labute approximate surface area is 117 Å². The zero-order chi connectivity index (χ0) is 14.5. The minimum Gasteiger partial charge on any atom is -0.497 e. The molecule has 0 aliphatic heterocycles. The number of carbonyl (C=O) groups is 1. The number of carbonyl (C=O) groups excluding carboxylic acids is 1. The largest absolute Gasteiger partial charge is 0.497 e. The van der Waals surface area contributed by atoms with Gasteiger partial charge in [0.2, 0.25) is 17.6 Å². The van der Waals surface area contributed by atoms with Crippen LogP contribution in [0.5, 0.6) is 5.75 Å². The minimum atomic E-state index is -0.304. The van der Waals surface area contributed by atoms with Crippen molar-refractivity contribution in [2.24, 2.45) is 0 Å². The van der Waals surface area contributed by atoms with Gasteiger partial charge >= 0.3 is 0 Å². The van der Waals surface area contributed by atoms with Crippen LogP contribution in [0, 0.1) is 0 Å². The van der Waals surface area contributed by atoms with Crippen LogP contribution in [-0.4, -0.2) is 23.2 Å². The second-order valence-electron chi connectivity index (χ2n) is 4.33. The summed E-state index contributed by atoms with van der Waals surface area (Å²) in [6.07, 6.45) is 0.420. The zero-order valence-electron chi connectivity index (χ0n) is 11.7. The summed E-state index contributed by atoms with van der Waals surface area (Å²) in [4.78, 5) is 15.6. The smallest absolute Gasteiger partial charge is 0.249 e. The first kappa shape index (κ1) is 14.0. The van der Waals surface area contributed by atoms with Gasteiger partial charge in [-0.2, -0.15) is 4.98 Å². The van der Waals surface area contributed by atoms with Gasteiger partial charge in [0.25, 0.3) is 0 Å². The standard InChI is InChI=1S/C14H17N3O3/c1-4-12(18)15-9(2)14-16-13(17-20-14)10-5-7-11(19-3)8-6-10/h5-9H,4H2,1-3H3,(H,15,18)/t9-/m1/s1. The van der Waals surface area contributed by atoms with Crippen LogP contribution in [0.1, 0.15) is 32.2 Å². The Morgan fingerprint density at radius 1 is 1.40 bits per heavy atom. The van der Waals surface area contributed by atoms with Crippen LogP contribution < -0.4 is 10.1 Å². The van der Waals surface area contributed by atoms with E-state index in [2.05, 4.69) is 15.5 Å². The van der Waals surface area contributed by atoms with Gasteiger partial charge in [0.05, 0.1) is 7.11 Å². The van der Waals surface area contributed by atoms with Crippen LogP contribution in [0.15, 0.2) is 28.8 Å². The van der Waals surface area contributed by atoms with Crippen molar-refractivity contribution in [3.05, 3.63) is 30.2 Å². The van der Waals surface area contributed by atoms with Crippen LogP contribution >= 0.6 is 0 Å². The Morgan fingerprint density at radius 2 is 2.10 bits per heavy atom. The lowest BCUT2D eigenvalue weighted by atomic mass is 10.2. The number of nitrogens with one attached hydrogen (secondary N) is 1. The Bertz CT molecular complexity index is 578. The quantitative estimate of drug-likeness (QED) is 0.906. The van der Waals surface area contributed by atoms with Gasteiger partial charge in [-0.15, -0.1) is 0 Å². The van der Waals surface area contributed by atoms with E-state index in [1.165, 1.54) is 0 Å². The number of methoxy groups -OCH3 is 1. The maximum Gasteiger partial charge on any atom is 0.249 e. The van der Waals surface area contributed by atoms with Crippen molar-refractivity contribution >= 4 is 5.91 Å². The van der Waals surface area contributed by atoms with Crippen LogP contribution in [0.4, 0.5) is 0 Å². The molecule has 0 aliphatic carbocycles. The highest BCUT2D eigenvalue weighted by atomic mass is 16.5. The van der Waals surface area contributed by atoms with E-state index in [1.54, 1.807) is 21.0 Å². The lowest BCUT2D eigenvalue weighted by Gasteiger charge is -2.07. The lowest BCUT2D eigenvalue weighted by molar-refractivity contribution is -0.121. The first-order valence-electron chi connectivity index (χ1n) is 6.41. The van der Waals surface area contributed by atoms with Crippen LogP contribution in [-0.2, 0) is 4.79 Å². The normalized spacial score (nSPS) is 11.9. The van der Waals surface area contributed by atoms with E-state index >= 15 is 0 Å². The average Bonchev–Trinajstić information content (AvgIpc) is 2.97. The highest BCUT2D eigenvalue weighted by Crippen LogP contribution is 2.21. The van der Waals surface area contributed by atoms with Crippen molar-refractivity contribution in [1.82, 2.24) is 15.5 Å². The Hall–Kier alpha value is -2.37. The highest BCUT2D eigenvalue weighted by Gasteiger charge is 2.16. The van der Waals surface area contributed by atoms with Crippen molar-refractivity contribution in [2.75, 3.05) is 7.11 Å². The molecule has 1 aromatic heterocycles. The first-order valence-corrected chi connectivity index (χ1v) is 6.41. The molecule has 1 N–H and O–H groups in total. The van der Waals surface area contributed by atoms with Gasteiger partial charge in [0.1, 0.15) is 11.8 Å². The Morgan fingerprint density at radius 3 is 2.70 bits per heavy atom. The summed E-state index contributed by atoms with van der Waals surface area (Å²) >= 11 is 0. The number of hydrogen-bond acceptors (Lipinski definition) is 5. The predicted octanol–water partition coefficient (Wildman–Crippen LogP) is 2.33. The van der Waals surface area contributed by atoms with Gasteiger partial charge in [0, 0.05) is 12.0 Å². The first-order chi connectivity index (χ1) is 9.63. The molecular formula is C14H17N3O3. The van der Waals surface area contributed by atoms with E-state index < -0.39 is 0 Å². The number of ether oxygens (including phenoxy) is 1. The highest BCUT2D eigenvalue weighted by molar-refractivity contribution is 5.75. The third-order valence-electron chi connectivity index (χ3n) is 2.86. The lowest BCUT2D eigenvalue weighted by Crippen LogP contribution is -2.25. The molecule has 0 aliphatic rings. The molecule has 0 unspecified atom stereocenters. The molecule has 2 aromatic rings. The van der Waals surface area contributed by atoms with Crippen molar-refractivity contribution in [3.8, 4) is 17.1 Å². The summed E-state index contributed by atoms with van der Waals surface area (Å²) < 4.78 is 10.3. The fraction of sp³-hybridized carbons (Fsp3) is 0.357. The number of hydrogen-bond donors (Lipinski definition) is 1. The molecule has 0 fully saturated rings. The third kappa shape index (κ3) is 3.14. The van der Waals surface area contributed by atoms with Crippen molar-refractivity contribution < 1.29 is 14.1 Å². The summed E-state index contributed by atoms with van der Waals surface area (Å²) in [5.74, 6) is 1.58. The fourth-order valence-corrected chi connectivity index (χ4v) is 1.67. The van der Waals surface area contributed by atoms with Crippen LogP contribution in [0.25, 0.3) is 11.4 Å². The number of benzene rings is 1. The molecule has 1 amide bonds. The molecule has 2 rings (SSSR count).